The summed E-state index contributed by atoms with van der Waals surface area (Å²) in [6.07, 6.45) is 0.337. The molecule has 1 N–H and O–H groups in total. The Morgan fingerprint density at radius 3 is 2.65 bits per heavy atom. The topological polar surface area (TPSA) is 50.8 Å². The van der Waals surface area contributed by atoms with Gasteiger partial charge in [0.25, 0.3) is 0 Å². The van der Waals surface area contributed by atoms with Crippen molar-refractivity contribution in [1.29, 1.82) is 0 Å². The van der Waals surface area contributed by atoms with Gasteiger partial charge in [-0.1, -0.05) is 42.5 Å². The fourth-order valence-electron chi connectivity index (χ4n) is 3.17. The van der Waals surface area contributed by atoms with Crippen molar-refractivity contribution < 1.29 is 14.3 Å². The van der Waals surface area contributed by atoms with Gasteiger partial charge in [-0.05, 0) is 23.3 Å². The summed E-state index contributed by atoms with van der Waals surface area (Å²) in [5, 5.41) is 3.20. The van der Waals surface area contributed by atoms with E-state index in [-0.39, 0.29) is 11.9 Å². The van der Waals surface area contributed by atoms with Gasteiger partial charge in [-0.3, -0.25) is 9.69 Å². The minimum Gasteiger partial charge on any atom is -0.497 e. The quantitative estimate of drug-likeness (QED) is 0.830. The van der Waals surface area contributed by atoms with Crippen molar-refractivity contribution in [2.75, 3.05) is 40.0 Å². The van der Waals surface area contributed by atoms with Crippen LogP contribution in [0.3, 0.4) is 0 Å². The smallest absolute Gasteiger partial charge is 0.224 e. The molecule has 2 aromatic rings. The van der Waals surface area contributed by atoms with Crippen molar-refractivity contribution in [3.05, 3.63) is 65.7 Å². The fourth-order valence-corrected chi connectivity index (χ4v) is 3.17. The number of carbonyl (C=O) groups excluding carboxylic acids is 1. The van der Waals surface area contributed by atoms with Gasteiger partial charge in [-0.2, -0.15) is 0 Å². The molecular weight excluding hydrogens is 328 g/mol. The lowest BCUT2D eigenvalue weighted by Crippen LogP contribution is -2.43. The zero-order chi connectivity index (χ0) is 18.2. The van der Waals surface area contributed by atoms with Gasteiger partial charge < -0.3 is 14.8 Å². The van der Waals surface area contributed by atoms with Gasteiger partial charge in [0, 0.05) is 19.6 Å². The maximum absolute atomic E-state index is 12.6. The summed E-state index contributed by atoms with van der Waals surface area (Å²) < 4.78 is 10.7. The lowest BCUT2D eigenvalue weighted by Gasteiger charge is -2.31. The number of morpholine rings is 1. The zero-order valence-corrected chi connectivity index (χ0v) is 15.2. The predicted molar refractivity (Wildman–Crippen MR) is 101 cm³/mol. The van der Waals surface area contributed by atoms with Crippen LogP contribution in [0.1, 0.15) is 17.2 Å². The first-order chi connectivity index (χ1) is 12.7. The summed E-state index contributed by atoms with van der Waals surface area (Å²) in [5.74, 6) is 0.781. The summed E-state index contributed by atoms with van der Waals surface area (Å²) >= 11 is 0. The number of nitrogens with one attached hydrogen (secondary N) is 1. The van der Waals surface area contributed by atoms with Crippen molar-refractivity contribution in [2.45, 2.75) is 12.5 Å². The van der Waals surface area contributed by atoms with Crippen LogP contribution in [0.4, 0.5) is 0 Å². The Hall–Kier alpha value is -2.37. The highest BCUT2D eigenvalue weighted by Gasteiger charge is 2.20. The lowest BCUT2D eigenvalue weighted by atomic mass is 10.0. The van der Waals surface area contributed by atoms with Gasteiger partial charge in [-0.25, -0.2) is 0 Å². The maximum Gasteiger partial charge on any atom is 0.224 e. The van der Waals surface area contributed by atoms with Crippen molar-refractivity contribution in [3.63, 3.8) is 0 Å². The predicted octanol–water partition coefficient (Wildman–Crippen LogP) is 2.43. The van der Waals surface area contributed by atoms with Gasteiger partial charge in [-0.15, -0.1) is 0 Å². The molecule has 138 valence electrons. The van der Waals surface area contributed by atoms with Gasteiger partial charge in [0.05, 0.1) is 32.8 Å². The molecule has 0 radical (unpaired) electrons. The lowest BCUT2D eigenvalue weighted by molar-refractivity contribution is -0.121. The van der Waals surface area contributed by atoms with E-state index >= 15 is 0 Å². The molecule has 1 amide bonds. The van der Waals surface area contributed by atoms with Crippen LogP contribution < -0.4 is 10.1 Å². The molecule has 1 atom stereocenters. The molecule has 0 saturated carbocycles. The Morgan fingerprint density at radius 1 is 1.15 bits per heavy atom. The number of nitrogens with zero attached hydrogens (tertiary/aromatic N) is 1. The van der Waals surface area contributed by atoms with Gasteiger partial charge in [0.1, 0.15) is 5.75 Å². The van der Waals surface area contributed by atoms with E-state index in [1.54, 1.807) is 7.11 Å². The Bertz CT molecular complexity index is 699. The Labute approximate surface area is 154 Å². The summed E-state index contributed by atoms with van der Waals surface area (Å²) in [4.78, 5) is 15.0. The average Bonchev–Trinajstić information content (AvgIpc) is 2.69. The van der Waals surface area contributed by atoms with Crippen molar-refractivity contribution in [2.24, 2.45) is 0 Å². The van der Waals surface area contributed by atoms with E-state index in [0.29, 0.717) is 6.42 Å². The standard InChI is InChI=1S/C21H26N2O3/c1-25-19-9-5-6-17(14-19)15-21(24)22-20(18-7-3-2-4-8-18)16-23-10-12-26-13-11-23/h2-9,14,20H,10-13,15-16H2,1H3,(H,22,24). The first-order valence-electron chi connectivity index (χ1n) is 9.02. The van der Waals surface area contributed by atoms with Crippen LogP contribution in [0.2, 0.25) is 0 Å². The van der Waals surface area contributed by atoms with Crippen LogP contribution in [-0.4, -0.2) is 50.8 Å². The number of methoxy groups -OCH3 is 1. The first kappa shape index (κ1) is 18.4. The number of benzene rings is 2. The van der Waals surface area contributed by atoms with Gasteiger partial charge >= 0.3 is 0 Å². The van der Waals surface area contributed by atoms with Gasteiger partial charge in [0.15, 0.2) is 0 Å². The summed E-state index contributed by atoms with van der Waals surface area (Å²) in [6.45, 7) is 4.08. The molecule has 1 fully saturated rings. The van der Waals surface area contributed by atoms with E-state index in [0.717, 1.165) is 49.7 Å². The van der Waals surface area contributed by atoms with Crippen LogP contribution in [0, 0.1) is 0 Å². The third-order valence-corrected chi connectivity index (χ3v) is 4.58. The van der Waals surface area contributed by atoms with E-state index in [2.05, 4.69) is 22.3 Å². The molecule has 1 saturated heterocycles. The number of hydrogen-bond donors (Lipinski definition) is 1. The average molecular weight is 354 g/mol. The molecule has 26 heavy (non-hydrogen) atoms. The number of ether oxygens (including phenoxy) is 2. The summed E-state index contributed by atoms with van der Waals surface area (Å²) in [6, 6.07) is 17.7. The minimum absolute atomic E-state index is 0.0142. The van der Waals surface area contributed by atoms with Crippen molar-refractivity contribution in [1.82, 2.24) is 10.2 Å². The second-order valence-corrected chi connectivity index (χ2v) is 6.47. The van der Waals surface area contributed by atoms with Crippen LogP contribution in [0.25, 0.3) is 0 Å². The molecule has 5 nitrogen and oxygen atoms in total. The second kappa shape index (κ2) is 9.36. The highest BCUT2D eigenvalue weighted by Crippen LogP contribution is 2.17. The van der Waals surface area contributed by atoms with E-state index in [1.807, 2.05) is 42.5 Å². The second-order valence-electron chi connectivity index (χ2n) is 6.47. The molecule has 1 aliphatic rings. The van der Waals surface area contributed by atoms with E-state index in [9.17, 15) is 4.79 Å². The molecule has 0 bridgehead atoms. The molecule has 1 aliphatic heterocycles. The molecule has 0 aliphatic carbocycles. The highest BCUT2D eigenvalue weighted by atomic mass is 16.5. The molecule has 1 unspecified atom stereocenters. The third kappa shape index (κ3) is 5.31. The molecule has 5 heteroatoms. The molecule has 0 aromatic heterocycles. The first-order valence-corrected chi connectivity index (χ1v) is 9.02. The monoisotopic (exact) mass is 354 g/mol. The summed E-state index contributed by atoms with van der Waals surface area (Å²) in [7, 11) is 1.63. The van der Waals surface area contributed by atoms with E-state index in [1.165, 1.54) is 0 Å². The normalized spacial score (nSPS) is 16.0. The molecular formula is C21H26N2O3. The van der Waals surface area contributed by atoms with Crippen LogP contribution in [0.15, 0.2) is 54.6 Å². The Morgan fingerprint density at radius 2 is 1.92 bits per heavy atom. The SMILES string of the molecule is COc1cccc(CC(=O)NC(CN2CCOCC2)c2ccccc2)c1. The van der Waals surface area contributed by atoms with E-state index < -0.39 is 0 Å². The fraction of sp³-hybridized carbons (Fsp3) is 0.381. The largest absolute Gasteiger partial charge is 0.497 e. The molecule has 3 rings (SSSR count). The van der Waals surface area contributed by atoms with Crippen LogP contribution in [-0.2, 0) is 16.0 Å². The molecule has 0 spiro atoms. The number of carbonyl (C=O) groups is 1. The Balaban J connectivity index is 1.66. The van der Waals surface area contributed by atoms with Crippen LogP contribution >= 0.6 is 0 Å². The highest BCUT2D eigenvalue weighted by molar-refractivity contribution is 5.79. The number of amides is 1. The van der Waals surface area contributed by atoms with Crippen LogP contribution in [0.5, 0.6) is 5.75 Å². The Kier molecular flexibility index (Phi) is 6.63. The summed E-state index contributed by atoms with van der Waals surface area (Å²) in [5.41, 5.74) is 2.07. The number of hydrogen-bond acceptors (Lipinski definition) is 4. The zero-order valence-electron chi connectivity index (χ0n) is 15.2. The van der Waals surface area contributed by atoms with Crippen molar-refractivity contribution in [3.8, 4) is 5.75 Å². The maximum atomic E-state index is 12.6. The molecule has 2 aromatic carbocycles. The number of rotatable bonds is 7. The molecule has 1 heterocycles. The van der Waals surface area contributed by atoms with Gasteiger partial charge in [0.2, 0.25) is 5.91 Å². The minimum atomic E-state index is -0.0348. The van der Waals surface area contributed by atoms with Crippen molar-refractivity contribution >= 4 is 5.91 Å². The van der Waals surface area contributed by atoms with E-state index in [4.69, 9.17) is 9.47 Å². The third-order valence-electron chi connectivity index (χ3n) is 4.58.